The minimum atomic E-state index is -0.918. The van der Waals surface area contributed by atoms with E-state index in [4.69, 9.17) is 9.99 Å². The Morgan fingerprint density at radius 3 is 1.03 bits per heavy atom. The van der Waals surface area contributed by atoms with E-state index in [1.165, 1.54) is 0 Å². The highest BCUT2D eigenvalue weighted by atomic mass is 16.6. The Morgan fingerprint density at radius 1 is 0.412 bits per heavy atom. The van der Waals surface area contributed by atoms with Crippen molar-refractivity contribution >= 4 is 5.71 Å². The van der Waals surface area contributed by atoms with Gasteiger partial charge in [0.1, 0.15) is 5.71 Å². The summed E-state index contributed by atoms with van der Waals surface area (Å²) in [5, 5.41) is 4.88. The molecule has 0 aliphatic carbocycles. The summed E-state index contributed by atoms with van der Waals surface area (Å²) in [6, 6.07) is 51.2. The molecule has 0 fully saturated rings. The van der Waals surface area contributed by atoms with Gasteiger partial charge >= 0.3 is 0 Å². The third kappa shape index (κ3) is 4.26. The zero-order valence-corrected chi connectivity index (χ0v) is 18.8. The predicted octanol–water partition coefficient (Wildman–Crippen LogP) is 7.45. The Bertz CT molecular complexity index is 1200. The maximum absolute atomic E-state index is 6.75. The van der Waals surface area contributed by atoms with Crippen LogP contribution in [0.25, 0.3) is 0 Å². The van der Waals surface area contributed by atoms with Crippen LogP contribution in [0.3, 0.4) is 0 Å². The van der Waals surface area contributed by atoms with E-state index in [-0.39, 0.29) is 0 Å². The summed E-state index contributed by atoms with van der Waals surface area (Å²) in [6.07, 6.45) is 0. The molecule has 2 nitrogen and oxygen atoms in total. The van der Waals surface area contributed by atoms with E-state index in [1.54, 1.807) is 0 Å². The van der Waals surface area contributed by atoms with Crippen molar-refractivity contribution in [1.29, 1.82) is 0 Å². The summed E-state index contributed by atoms with van der Waals surface area (Å²) >= 11 is 0. The lowest BCUT2D eigenvalue weighted by atomic mass is 9.80. The van der Waals surface area contributed by atoms with Gasteiger partial charge in [0.25, 0.3) is 0 Å². The van der Waals surface area contributed by atoms with Gasteiger partial charge in [-0.15, -0.1) is 0 Å². The number of nitrogens with zero attached hydrogens (tertiary/aromatic N) is 1. The molecule has 0 atom stereocenters. The van der Waals surface area contributed by atoms with E-state index in [2.05, 4.69) is 60.7 Å². The first-order valence-corrected chi connectivity index (χ1v) is 11.4. The largest absolute Gasteiger partial charge is 0.374 e. The molecule has 0 spiro atoms. The molecule has 0 saturated heterocycles. The minimum absolute atomic E-state index is 0.786. The Hall–Kier alpha value is -4.43. The molecule has 0 bridgehead atoms. The van der Waals surface area contributed by atoms with Crippen molar-refractivity contribution in [2.75, 3.05) is 0 Å². The molecular weight excluding hydrogens is 414 g/mol. The number of hydrogen-bond donors (Lipinski definition) is 0. The van der Waals surface area contributed by atoms with E-state index >= 15 is 0 Å². The molecule has 0 aromatic heterocycles. The van der Waals surface area contributed by atoms with Crippen molar-refractivity contribution in [3.63, 3.8) is 0 Å². The summed E-state index contributed by atoms with van der Waals surface area (Å²) in [7, 11) is 0. The summed E-state index contributed by atoms with van der Waals surface area (Å²) in [4.78, 5) is 6.75. The maximum Gasteiger partial charge on any atom is 0.212 e. The van der Waals surface area contributed by atoms with Crippen LogP contribution in [-0.4, -0.2) is 5.71 Å². The van der Waals surface area contributed by atoms with Crippen LogP contribution in [0.15, 0.2) is 157 Å². The van der Waals surface area contributed by atoms with Crippen molar-refractivity contribution in [3.8, 4) is 0 Å². The molecule has 0 heterocycles. The summed E-state index contributed by atoms with van der Waals surface area (Å²) in [5.41, 5.74) is 4.89. The van der Waals surface area contributed by atoms with E-state index in [0.717, 1.165) is 33.5 Å². The predicted molar refractivity (Wildman–Crippen MR) is 139 cm³/mol. The molecule has 5 aromatic carbocycles. The molecule has 0 aliphatic rings. The SMILES string of the molecule is c1ccc(C(=NOC(c2ccccc2)(c2ccccc2)c2ccccc2)c2ccccc2)cc1. The molecule has 5 aromatic rings. The van der Waals surface area contributed by atoms with Crippen molar-refractivity contribution in [1.82, 2.24) is 0 Å². The fourth-order valence-electron chi connectivity index (χ4n) is 4.25. The molecule has 164 valence electrons. The molecule has 0 saturated carbocycles. The van der Waals surface area contributed by atoms with Gasteiger partial charge in [0.2, 0.25) is 5.60 Å². The van der Waals surface area contributed by atoms with Crippen molar-refractivity contribution in [2.45, 2.75) is 5.60 Å². The Balaban J connectivity index is 1.75. The van der Waals surface area contributed by atoms with Crippen LogP contribution in [0, 0.1) is 0 Å². The second-order valence-electron chi connectivity index (χ2n) is 8.04. The van der Waals surface area contributed by atoms with Gasteiger partial charge in [-0.05, 0) is 0 Å². The van der Waals surface area contributed by atoms with E-state index in [0.29, 0.717) is 0 Å². The standard InChI is InChI=1S/C32H25NO/c1-6-16-26(17-7-1)31(27-18-8-2-9-19-27)33-34-32(28-20-10-3-11-21-28,29-22-12-4-13-23-29)30-24-14-5-15-25-30/h1-25H. The summed E-state index contributed by atoms with van der Waals surface area (Å²) < 4.78 is 0. The topological polar surface area (TPSA) is 21.6 Å². The highest BCUT2D eigenvalue weighted by molar-refractivity contribution is 6.12. The van der Waals surface area contributed by atoms with Crippen LogP contribution in [-0.2, 0) is 10.4 Å². The molecular formula is C32H25NO. The highest BCUT2D eigenvalue weighted by Gasteiger charge is 2.39. The number of benzene rings is 5. The van der Waals surface area contributed by atoms with Crippen LogP contribution in [0.2, 0.25) is 0 Å². The quantitative estimate of drug-likeness (QED) is 0.147. The number of oxime groups is 1. The Labute approximate surface area is 200 Å². The van der Waals surface area contributed by atoms with Gasteiger partial charge in [-0.3, -0.25) is 0 Å². The van der Waals surface area contributed by atoms with Crippen LogP contribution < -0.4 is 0 Å². The first-order chi connectivity index (χ1) is 16.9. The molecule has 0 unspecified atom stereocenters. The molecule has 0 N–H and O–H groups in total. The fraction of sp³-hybridized carbons (Fsp3) is 0.0312. The van der Waals surface area contributed by atoms with Crippen LogP contribution >= 0.6 is 0 Å². The van der Waals surface area contributed by atoms with Gasteiger partial charge < -0.3 is 4.84 Å². The van der Waals surface area contributed by atoms with E-state index in [1.807, 2.05) is 91.0 Å². The Kier molecular flexibility index (Phi) is 6.31. The first kappa shape index (κ1) is 21.4. The third-order valence-electron chi connectivity index (χ3n) is 5.91. The second kappa shape index (κ2) is 10.0. The zero-order valence-electron chi connectivity index (χ0n) is 18.8. The lowest BCUT2D eigenvalue weighted by Gasteiger charge is -2.33. The Morgan fingerprint density at radius 2 is 0.706 bits per heavy atom. The van der Waals surface area contributed by atoms with E-state index in [9.17, 15) is 0 Å². The number of hydrogen-bond acceptors (Lipinski definition) is 2. The van der Waals surface area contributed by atoms with Crippen molar-refractivity contribution < 1.29 is 4.84 Å². The maximum atomic E-state index is 6.75. The van der Waals surface area contributed by atoms with Crippen molar-refractivity contribution in [3.05, 3.63) is 179 Å². The van der Waals surface area contributed by atoms with Crippen LogP contribution in [0.1, 0.15) is 27.8 Å². The lowest BCUT2D eigenvalue weighted by Crippen LogP contribution is -2.31. The molecule has 5 rings (SSSR count). The van der Waals surface area contributed by atoms with Crippen LogP contribution in [0.4, 0.5) is 0 Å². The molecule has 2 heteroatoms. The minimum Gasteiger partial charge on any atom is -0.374 e. The third-order valence-corrected chi connectivity index (χ3v) is 5.91. The molecule has 34 heavy (non-hydrogen) atoms. The van der Waals surface area contributed by atoms with Crippen LogP contribution in [0.5, 0.6) is 0 Å². The number of rotatable bonds is 7. The highest BCUT2D eigenvalue weighted by Crippen LogP contribution is 2.40. The van der Waals surface area contributed by atoms with Gasteiger partial charge in [-0.25, -0.2) is 0 Å². The second-order valence-corrected chi connectivity index (χ2v) is 8.04. The summed E-state index contributed by atoms with van der Waals surface area (Å²) in [6.45, 7) is 0. The van der Waals surface area contributed by atoms with Gasteiger partial charge in [-0.2, -0.15) is 0 Å². The lowest BCUT2D eigenvalue weighted by molar-refractivity contribution is 0.0175. The van der Waals surface area contributed by atoms with Gasteiger partial charge in [0.15, 0.2) is 0 Å². The molecule has 0 radical (unpaired) electrons. The normalized spacial score (nSPS) is 10.9. The zero-order chi connectivity index (χ0) is 23.1. The van der Waals surface area contributed by atoms with Crippen molar-refractivity contribution in [2.24, 2.45) is 5.16 Å². The summed E-state index contributed by atoms with van der Waals surface area (Å²) in [5.74, 6) is 0. The average Bonchev–Trinajstić information content (AvgIpc) is 2.94. The van der Waals surface area contributed by atoms with Gasteiger partial charge in [0.05, 0.1) is 0 Å². The first-order valence-electron chi connectivity index (χ1n) is 11.4. The molecule has 0 amide bonds. The fourth-order valence-corrected chi connectivity index (χ4v) is 4.25. The monoisotopic (exact) mass is 439 g/mol. The average molecular weight is 440 g/mol. The van der Waals surface area contributed by atoms with E-state index < -0.39 is 5.60 Å². The smallest absolute Gasteiger partial charge is 0.212 e. The molecule has 0 aliphatic heterocycles. The van der Waals surface area contributed by atoms with Gasteiger partial charge in [0, 0.05) is 27.8 Å². The van der Waals surface area contributed by atoms with Gasteiger partial charge in [-0.1, -0.05) is 157 Å².